The number of nitrogens with zero attached hydrogens (tertiary/aromatic N) is 3. The number of anilines is 1. The van der Waals surface area contributed by atoms with Crippen molar-refractivity contribution in [1.29, 1.82) is 0 Å². The quantitative estimate of drug-likeness (QED) is 0.285. The molecule has 0 amide bonds. The third-order valence-corrected chi connectivity index (χ3v) is 6.86. The Bertz CT molecular complexity index is 1480. The van der Waals surface area contributed by atoms with Crippen molar-refractivity contribution in [1.82, 2.24) is 14.9 Å². The van der Waals surface area contributed by atoms with Gasteiger partial charge in [-0.2, -0.15) is 0 Å². The number of hydrogen-bond acceptors (Lipinski definition) is 2. The summed E-state index contributed by atoms with van der Waals surface area (Å²) in [5.74, 6) is 0. The Labute approximate surface area is 208 Å². The van der Waals surface area contributed by atoms with Gasteiger partial charge in [0.25, 0.3) is 0 Å². The van der Waals surface area contributed by atoms with Gasteiger partial charge in [-0.3, -0.25) is 4.98 Å². The van der Waals surface area contributed by atoms with E-state index in [0.717, 1.165) is 22.8 Å². The van der Waals surface area contributed by atoms with E-state index in [1.807, 2.05) is 48.7 Å². The van der Waals surface area contributed by atoms with E-state index in [9.17, 15) is 0 Å². The smallest absolute Gasteiger partial charge is 0.174 e. The number of pyridine rings is 1. The fourth-order valence-corrected chi connectivity index (χ4v) is 5.20. The van der Waals surface area contributed by atoms with Crippen molar-refractivity contribution >= 4 is 45.4 Å². The SMILES string of the molecule is S=C1NC(c2ccccn2)C(c2cccn2-c2ccc3ccccc3c2)N1c1ccc(Cl)cc1. The molecule has 2 unspecified atom stereocenters. The first-order valence-corrected chi connectivity index (χ1v) is 11.9. The molecule has 2 atom stereocenters. The van der Waals surface area contributed by atoms with Gasteiger partial charge in [-0.05, 0) is 83.7 Å². The first kappa shape index (κ1) is 20.9. The normalized spacial score (nSPS) is 17.8. The van der Waals surface area contributed by atoms with Crippen molar-refractivity contribution in [3.8, 4) is 5.69 Å². The first-order chi connectivity index (χ1) is 16.7. The van der Waals surface area contributed by atoms with Crippen molar-refractivity contribution in [3.63, 3.8) is 0 Å². The van der Waals surface area contributed by atoms with Gasteiger partial charge in [-0.15, -0.1) is 0 Å². The van der Waals surface area contributed by atoms with Crippen LogP contribution in [0.5, 0.6) is 0 Å². The zero-order chi connectivity index (χ0) is 23.1. The molecule has 1 N–H and O–H groups in total. The summed E-state index contributed by atoms with van der Waals surface area (Å²) in [7, 11) is 0. The molecule has 6 rings (SSSR count). The fourth-order valence-electron chi connectivity index (χ4n) is 4.73. The van der Waals surface area contributed by atoms with E-state index in [2.05, 4.69) is 80.6 Å². The lowest BCUT2D eigenvalue weighted by molar-refractivity contribution is 0.549. The van der Waals surface area contributed by atoms with Crippen LogP contribution >= 0.6 is 23.8 Å². The molecule has 0 saturated carbocycles. The molecule has 1 aliphatic rings. The Balaban J connectivity index is 1.51. The largest absolute Gasteiger partial charge is 0.351 e. The predicted octanol–water partition coefficient (Wildman–Crippen LogP) is 6.86. The van der Waals surface area contributed by atoms with Crippen molar-refractivity contribution in [3.05, 3.63) is 126 Å². The van der Waals surface area contributed by atoms with Crippen LogP contribution in [0.2, 0.25) is 5.02 Å². The molecule has 166 valence electrons. The number of fused-ring (bicyclic) bond motifs is 1. The molecule has 5 aromatic rings. The van der Waals surface area contributed by atoms with E-state index < -0.39 is 0 Å². The zero-order valence-electron chi connectivity index (χ0n) is 18.2. The molecule has 2 aromatic heterocycles. The first-order valence-electron chi connectivity index (χ1n) is 11.1. The van der Waals surface area contributed by atoms with Crippen LogP contribution in [0.4, 0.5) is 5.69 Å². The Kier molecular flexibility index (Phi) is 5.28. The molecule has 3 heterocycles. The second-order valence-corrected chi connectivity index (χ2v) is 9.13. The number of benzene rings is 3. The van der Waals surface area contributed by atoms with Gasteiger partial charge in [0.1, 0.15) is 6.04 Å². The molecular weight excluding hydrogens is 460 g/mol. The van der Waals surface area contributed by atoms with E-state index in [1.165, 1.54) is 10.8 Å². The number of aromatic nitrogens is 2. The summed E-state index contributed by atoms with van der Waals surface area (Å²) >= 11 is 12.0. The average Bonchev–Trinajstić information content (AvgIpc) is 3.49. The molecule has 4 nitrogen and oxygen atoms in total. The maximum atomic E-state index is 6.19. The van der Waals surface area contributed by atoms with E-state index in [1.54, 1.807) is 0 Å². The molecule has 0 spiro atoms. The van der Waals surface area contributed by atoms with Gasteiger partial charge in [0.15, 0.2) is 5.11 Å². The van der Waals surface area contributed by atoms with Gasteiger partial charge in [0.05, 0.1) is 11.7 Å². The lowest BCUT2D eigenvalue weighted by atomic mass is 10.0. The van der Waals surface area contributed by atoms with Gasteiger partial charge >= 0.3 is 0 Å². The zero-order valence-corrected chi connectivity index (χ0v) is 19.7. The highest BCUT2D eigenvalue weighted by atomic mass is 35.5. The summed E-state index contributed by atoms with van der Waals surface area (Å²) in [6.45, 7) is 0. The lowest BCUT2D eigenvalue weighted by Crippen LogP contribution is -2.30. The van der Waals surface area contributed by atoms with E-state index in [0.29, 0.717) is 10.1 Å². The summed E-state index contributed by atoms with van der Waals surface area (Å²) in [6, 6.07) is 32.8. The van der Waals surface area contributed by atoms with Gasteiger partial charge in [0.2, 0.25) is 0 Å². The van der Waals surface area contributed by atoms with E-state index >= 15 is 0 Å². The lowest BCUT2D eigenvalue weighted by Gasteiger charge is -2.29. The second-order valence-electron chi connectivity index (χ2n) is 8.31. The summed E-state index contributed by atoms with van der Waals surface area (Å²) in [5.41, 5.74) is 4.15. The van der Waals surface area contributed by atoms with Crippen LogP contribution in [0.15, 0.2) is 109 Å². The van der Waals surface area contributed by atoms with Crippen LogP contribution in [0, 0.1) is 0 Å². The van der Waals surface area contributed by atoms with Crippen LogP contribution in [0.25, 0.3) is 16.5 Å². The minimum absolute atomic E-state index is 0.106. The monoisotopic (exact) mass is 480 g/mol. The van der Waals surface area contributed by atoms with E-state index in [4.69, 9.17) is 23.8 Å². The highest BCUT2D eigenvalue weighted by Crippen LogP contribution is 2.42. The number of rotatable bonds is 4. The fraction of sp³-hybridized carbons (Fsp3) is 0.0714. The van der Waals surface area contributed by atoms with Crippen LogP contribution in [-0.2, 0) is 0 Å². The summed E-state index contributed by atoms with van der Waals surface area (Å²) in [5, 5.41) is 7.31. The topological polar surface area (TPSA) is 33.1 Å². The Hall–Kier alpha value is -3.67. The maximum absolute atomic E-state index is 6.19. The number of thiocarbonyl (C=S) groups is 1. The number of halogens is 1. The Morgan fingerprint density at radius 3 is 2.35 bits per heavy atom. The Morgan fingerprint density at radius 1 is 0.794 bits per heavy atom. The standard InChI is InChI=1S/C28H21ClN4S/c29-21-11-14-22(15-12-21)33-27(26(31-28(33)34)24-8-3-4-16-30-24)25-9-5-17-32(25)23-13-10-19-6-1-2-7-20(19)18-23/h1-18,26-27H,(H,31,34). The van der Waals surface area contributed by atoms with Gasteiger partial charge < -0.3 is 14.8 Å². The van der Waals surface area contributed by atoms with Crippen molar-refractivity contribution in [2.24, 2.45) is 0 Å². The summed E-state index contributed by atoms with van der Waals surface area (Å²) < 4.78 is 2.24. The molecule has 0 radical (unpaired) electrons. The van der Waals surface area contributed by atoms with Gasteiger partial charge in [-0.25, -0.2) is 0 Å². The number of hydrogen-bond donors (Lipinski definition) is 1. The van der Waals surface area contributed by atoms with E-state index in [-0.39, 0.29) is 12.1 Å². The number of nitrogens with one attached hydrogen (secondary N) is 1. The third-order valence-electron chi connectivity index (χ3n) is 6.30. The molecule has 1 fully saturated rings. The van der Waals surface area contributed by atoms with Crippen LogP contribution in [0.3, 0.4) is 0 Å². The molecule has 0 aliphatic carbocycles. The molecule has 34 heavy (non-hydrogen) atoms. The molecule has 6 heteroatoms. The Morgan fingerprint density at radius 2 is 1.56 bits per heavy atom. The molecule has 1 saturated heterocycles. The third kappa shape index (κ3) is 3.63. The minimum Gasteiger partial charge on any atom is -0.351 e. The van der Waals surface area contributed by atoms with Gasteiger partial charge in [0, 0.05) is 34.5 Å². The predicted molar refractivity (Wildman–Crippen MR) is 143 cm³/mol. The van der Waals surface area contributed by atoms with Crippen molar-refractivity contribution in [2.45, 2.75) is 12.1 Å². The highest BCUT2D eigenvalue weighted by molar-refractivity contribution is 7.80. The van der Waals surface area contributed by atoms with Gasteiger partial charge in [-0.1, -0.05) is 48.0 Å². The molecular formula is C28H21ClN4S. The summed E-state index contributed by atoms with van der Waals surface area (Å²) in [4.78, 5) is 6.83. The van der Waals surface area contributed by atoms with Crippen molar-refractivity contribution < 1.29 is 0 Å². The van der Waals surface area contributed by atoms with Crippen LogP contribution in [-0.4, -0.2) is 14.7 Å². The summed E-state index contributed by atoms with van der Waals surface area (Å²) in [6.07, 6.45) is 3.93. The van der Waals surface area contributed by atoms with Crippen LogP contribution < -0.4 is 10.2 Å². The maximum Gasteiger partial charge on any atom is 0.174 e. The molecule has 0 bridgehead atoms. The van der Waals surface area contributed by atoms with Crippen LogP contribution in [0.1, 0.15) is 23.5 Å². The van der Waals surface area contributed by atoms with Crippen molar-refractivity contribution in [2.75, 3.05) is 4.90 Å². The second kappa shape index (κ2) is 8.60. The highest BCUT2D eigenvalue weighted by Gasteiger charge is 2.42. The molecule has 1 aliphatic heterocycles. The minimum atomic E-state index is -0.113. The molecule has 3 aromatic carbocycles. The average molecular weight is 481 g/mol.